The van der Waals surface area contributed by atoms with Gasteiger partial charge in [-0.1, -0.05) is 35.9 Å². The molecule has 0 spiro atoms. The molecule has 0 aliphatic heterocycles. The molecule has 0 radical (unpaired) electrons. The summed E-state index contributed by atoms with van der Waals surface area (Å²) >= 11 is 6.33. The van der Waals surface area contributed by atoms with E-state index in [9.17, 15) is 4.79 Å². The fraction of sp³-hybridized carbons (Fsp3) is 0.222. The number of hydrogen-bond donors (Lipinski definition) is 1. The minimum atomic E-state index is -0.315. The molecule has 2 heterocycles. The number of fused-ring (bicyclic) bond motifs is 1. The van der Waals surface area contributed by atoms with Crippen molar-refractivity contribution in [2.24, 2.45) is 0 Å². The van der Waals surface area contributed by atoms with E-state index in [-0.39, 0.29) is 12.5 Å². The Labute approximate surface area is 145 Å². The highest BCUT2D eigenvalue weighted by Gasteiger charge is 2.17. The van der Waals surface area contributed by atoms with Crippen molar-refractivity contribution in [2.75, 3.05) is 18.5 Å². The second-order valence-electron chi connectivity index (χ2n) is 5.38. The van der Waals surface area contributed by atoms with Crippen LogP contribution in [-0.4, -0.2) is 28.5 Å². The van der Waals surface area contributed by atoms with Crippen molar-refractivity contribution in [2.45, 2.75) is 13.8 Å². The highest BCUT2D eigenvalue weighted by Crippen LogP contribution is 2.33. The SMILES string of the molecule is CCOC(=O)CNc1c(-c2ccccc2Cl)nc2ccc(C)cn12. The fourth-order valence-electron chi connectivity index (χ4n) is 2.53. The van der Waals surface area contributed by atoms with E-state index in [0.717, 1.165) is 22.6 Å². The van der Waals surface area contributed by atoms with Crippen LogP contribution in [0.15, 0.2) is 42.6 Å². The lowest BCUT2D eigenvalue weighted by Crippen LogP contribution is -2.18. The molecule has 2 aromatic heterocycles. The number of carbonyl (C=O) groups excluding carboxylic acids is 1. The Hall–Kier alpha value is -2.53. The number of ether oxygens (including phenoxy) is 1. The molecule has 6 heteroatoms. The Kier molecular flexibility index (Phi) is 4.71. The van der Waals surface area contributed by atoms with Crippen LogP contribution >= 0.6 is 11.6 Å². The van der Waals surface area contributed by atoms with Gasteiger partial charge in [0.15, 0.2) is 0 Å². The van der Waals surface area contributed by atoms with Crippen LogP contribution in [0.4, 0.5) is 5.82 Å². The van der Waals surface area contributed by atoms with E-state index in [1.54, 1.807) is 6.92 Å². The smallest absolute Gasteiger partial charge is 0.325 e. The molecule has 0 aliphatic rings. The fourth-order valence-corrected chi connectivity index (χ4v) is 2.75. The van der Waals surface area contributed by atoms with Crippen molar-refractivity contribution in [3.05, 3.63) is 53.2 Å². The molecule has 0 aliphatic carbocycles. The first-order chi connectivity index (χ1) is 11.6. The number of halogens is 1. The minimum absolute atomic E-state index is 0.0625. The maximum absolute atomic E-state index is 11.7. The summed E-state index contributed by atoms with van der Waals surface area (Å²) in [5.74, 6) is 0.403. The van der Waals surface area contributed by atoms with Crippen LogP contribution in [0.1, 0.15) is 12.5 Å². The van der Waals surface area contributed by atoms with Crippen molar-refractivity contribution in [3.63, 3.8) is 0 Å². The zero-order chi connectivity index (χ0) is 17.1. The summed E-state index contributed by atoms with van der Waals surface area (Å²) in [4.78, 5) is 16.4. The minimum Gasteiger partial charge on any atom is -0.465 e. The highest BCUT2D eigenvalue weighted by atomic mass is 35.5. The lowest BCUT2D eigenvalue weighted by Gasteiger charge is -2.09. The van der Waals surface area contributed by atoms with Gasteiger partial charge in [0.2, 0.25) is 0 Å². The van der Waals surface area contributed by atoms with Crippen LogP contribution in [0.5, 0.6) is 0 Å². The van der Waals surface area contributed by atoms with Crippen LogP contribution in [0, 0.1) is 6.92 Å². The van der Waals surface area contributed by atoms with E-state index in [2.05, 4.69) is 10.3 Å². The van der Waals surface area contributed by atoms with E-state index in [0.29, 0.717) is 17.3 Å². The largest absolute Gasteiger partial charge is 0.465 e. The molecule has 1 N–H and O–H groups in total. The van der Waals surface area contributed by atoms with Crippen LogP contribution in [0.3, 0.4) is 0 Å². The van der Waals surface area contributed by atoms with Crippen LogP contribution in [0.25, 0.3) is 16.9 Å². The number of anilines is 1. The molecule has 3 rings (SSSR count). The molecular weight excluding hydrogens is 326 g/mol. The second kappa shape index (κ2) is 6.93. The van der Waals surface area contributed by atoms with Crippen molar-refractivity contribution in [1.82, 2.24) is 9.38 Å². The molecule has 0 unspecified atom stereocenters. The maximum Gasteiger partial charge on any atom is 0.325 e. The molecule has 0 bridgehead atoms. The molecule has 0 atom stereocenters. The summed E-state index contributed by atoms with van der Waals surface area (Å²) in [6, 6.07) is 11.4. The lowest BCUT2D eigenvalue weighted by atomic mass is 10.1. The van der Waals surface area contributed by atoms with Crippen molar-refractivity contribution >= 4 is 29.0 Å². The molecule has 3 aromatic rings. The highest BCUT2D eigenvalue weighted by molar-refractivity contribution is 6.33. The molecule has 24 heavy (non-hydrogen) atoms. The van der Waals surface area contributed by atoms with Gasteiger partial charge in [-0.25, -0.2) is 4.98 Å². The monoisotopic (exact) mass is 343 g/mol. The van der Waals surface area contributed by atoms with Crippen molar-refractivity contribution < 1.29 is 9.53 Å². The normalized spacial score (nSPS) is 10.8. The van der Waals surface area contributed by atoms with Crippen molar-refractivity contribution in [1.29, 1.82) is 0 Å². The van der Waals surface area contributed by atoms with Gasteiger partial charge in [0.25, 0.3) is 0 Å². The number of aryl methyl sites for hydroxylation is 1. The van der Waals surface area contributed by atoms with Gasteiger partial charge in [-0.15, -0.1) is 0 Å². The number of carbonyl (C=O) groups is 1. The number of benzene rings is 1. The van der Waals surface area contributed by atoms with Gasteiger partial charge in [0.05, 0.1) is 11.6 Å². The van der Waals surface area contributed by atoms with Gasteiger partial charge >= 0.3 is 5.97 Å². The molecule has 124 valence electrons. The van der Waals surface area contributed by atoms with Gasteiger partial charge in [-0.05, 0) is 31.5 Å². The summed E-state index contributed by atoms with van der Waals surface area (Å²) in [7, 11) is 0. The zero-order valence-electron chi connectivity index (χ0n) is 13.5. The van der Waals surface area contributed by atoms with E-state index in [4.69, 9.17) is 16.3 Å². The third kappa shape index (κ3) is 3.21. The van der Waals surface area contributed by atoms with E-state index >= 15 is 0 Å². The van der Waals surface area contributed by atoms with E-state index in [1.807, 2.05) is 53.9 Å². The average molecular weight is 344 g/mol. The zero-order valence-corrected chi connectivity index (χ0v) is 14.3. The number of esters is 1. The summed E-state index contributed by atoms with van der Waals surface area (Å²) in [6.07, 6.45) is 1.97. The molecule has 0 fully saturated rings. The Morgan fingerprint density at radius 3 is 2.83 bits per heavy atom. The maximum atomic E-state index is 11.7. The summed E-state index contributed by atoms with van der Waals surface area (Å²) in [6.45, 7) is 4.20. The first-order valence-corrected chi connectivity index (χ1v) is 8.11. The number of pyridine rings is 1. The summed E-state index contributed by atoms with van der Waals surface area (Å²) in [5, 5.41) is 3.75. The number of imidazole rings is 1. The Balaban J connectivity index is 2.09. The lowest BCUT2D eigenvalue weighted by molar-refractivity contribution is -0.140. The number of rotatable bonds is 5. The number of nitrogens with zero attached hydrogens (tertiary/aromatic N) is 2. The summed E-state index contributed by atoms with van der Waals surface area (Å²) in [5.41, 5.74) is 3.38. The summed E-state index contributed by atoms with van der Waals surface area (Å²) < 4.78 is 6.91. The van der Waals surface area contributed by atoms with Crippen LogP contribution in [-0.2, 0) is 9.53 Å². The number of nitrogens with one attached hydrogen (secondary N) is 1. The third-order valence-corrected chi connectivity index (χ3v) is 3.93. The number of hydrogen-bond acceptors (Lipinski definition) is 4. The third-order valence-electron chi connectivity index (χ3n) is 3.60. The van der Waals surface area contributed by atoms with Gasteiger partial charge in [-0.2, -0.15) is 0 Å². The van der Waals surface area contributed by atoms with Gasteiger partial charge in [0, 0.05) is 11.8 Å². The van der Waals surface area contributed by atoms with Gasteiger partial charge < -0.3 is 10.1 Å². The quantitative estimate of drug-likeness (QED) is 0.713. The molecule has 0 saturated carbocycles. The average Bonchev–Trinajstić information content (AvgIpc) is 2.91. The van der Waals surface area contributed by atoms with Gasteiger partial charge in [0.1, 0.15) is 23.7 Å². The topological polar surface area (TPSA) is 55.6 Å². The van der Waals surface area contributed by atoms with Gasteiger partial charge in [-0.3, -0.25) is 9.20 Å². The molecular formula is C18H18ClN3O2. The second-order valence-corrected chi connectivity index (χ2v) is 5.79. The Morgan fingerprint density at radius 1 is 1.29 bits per heavy atom. The van der Waals surface area contributed by atoms with Crippen LogP contribution < -0.4 is 5.32 Å². The standard InChI is InChI=1S/C18H18ClN3O2/c1-3-24-16(23)10-20-18-17(13-6-4-5-7-14(13)19)21-15-9-8-12(2)11-22(15)18/h4-9,11,20H,3,10H2,1-2H3. The molecule has 0 saturated heterocycles. The van der Waals surface area contributed by atoms with Crippen LogP contribution in [0.2, 0.25) is 5.02 Å². The number of aromatic nitrogens is 2. The molecule has 1 aromatic carbocycles. The molecule has 0 amide bonds. The Bertz CT molecular complexity index is 889. The van der Waals surface area contributed by atoms with E-state index < -0.39 is 0 Å². The predicted octanol–water partition coefficient (Wildman–Crippen LogP) is 3.94. The van der Waals surface area contributed by atoms with Crippen molar-refractivity contribution in [3.8, 4) is 11.3 Å². The first kappa shape index (κ1) is 16.3. The molecule has 5 nitrogen and oxygen atoms in total. The Morgan fingerprint density at radius 2 is 2.08 bits per heavy atom. The predicted molar refractivity (Wildman–Crippen MR) is 95.5 cm³/mol. The van der Waals surface area contributed by atoms with E-state index in [1.165, 1.54) is 0 Å². The first-order valence-electron chi connectivity index (χ1n) is 7.73.